The first-order valence-electron chi connectivity index (χ1n) is 8.91. The zero-order chi connectivity index (χ0) is 17.6. The number of para-hydroxylation sites is 1. The van der Waals surface area contributed by atoms with Crippen LogP contribution in [0.1, 0.15) is 32.1 Å². The van der Waals surface area contributed by atoms with Crippen LogP contribution in [-0.4, -0.2) is 36.3 Å². The molecule has 0 bridgehead atoms. The molecule has 0 spiro atoms. The standard InChI is InChI=1S/C20H24N2O2S/c1-2-12-22-16-10-6-7-11-17(16)25-18(20(22)24)15-19(23)21-13-8-4-3-5-9-14-21/h2,6-7,10-11,15H,1,3-5,8-9,12-14H2. The van der Waals surface area contributed by atoms with Gasteiger partial charge >= 0.3 is 0 Å². The normalized spacial score (nSPS) is 20.0. The van der Waals surface area contributed by atoms with E-state index in [1.807, 2.05) is 29.2 Å². The number of rotatable bonds is 3. The second-order valence-electron chi connectivity index (χ2n) is 6.38. The molecule has 0 atom stereocenters. The SMILES string of the molecule is C=CCN1C(=O)C(=CC(=O)N2CCCCCCC2)Sc2ccccc21. The fraction of sp³-hybridized carbons (Fsp3) is 0.400. The van der Waals surface area contributed by atoms with E-state index in [0.29, 0.717) is 11.4 Å². The molecule has 0 unspecified atom stereocenters. The first-order valence-corrected chi connectivity index (χ1v) is 9.72. The van der Waals surface area contributed by atoms with Crippen LogP contribution < -0.4 is 4.90 Å². The van der Waals surface area contributed by atoms with E-state index < -0.39 is 0 Å². The maximum absolute atomic E-state index is 12.8. The Morgan fingerprint density at radius 3 is 2.52 bits per heavy atom. The summed E-state index contributed by atoms with van der Waals surface area (Å²) >= 11 is 1.38. The highest BCUT2D eigenvalue weighted by Crippen LogP contribution is 2.41. The van der Waals surface area contributed by atoms with Crippen molar-refractivity contribution in [2.24, 2.45) is 0 Å². The van der Waals surface area contributed by atoms with E-state index in [1.165, 1.54) is 37.1 Å². The van der Waals surface area contributed by atoms with Gasteiger partial charge in [0.1, 0.15) is 0 Å². The summed E-state index contributed by atoms with van der Waals surface area (Å²) in [6.45, 7) is 5.75. The molecular weight excluding hydrogens is 332 g/mol. The monoisotopic (exact) mass is 356 g/mol. The average Bonchev–Trinajstić information content (AvgIpc) is 2.58. The van der Waals surface area contributed by atoms with Crippen LogP contribution in [0.4, 0.5) is 5.69 Å². The second kappa shape index (κ2) is 8.39. The highest BCUT2D eigenvalue weighted by molar-refractivity contribution is 8.04. The molecule has 4 nitrogen and oxygen atoms in total. The highest BCUT2D eigenvalue weighted by atomic mass is 32.2. The molecule has 2 aliphatic rings. The number of hydrogen-bond acceptors (Lipinski definition) is 3. The van der Waals surface area contributed by atoms with Gasteiger partial charge in [-0.3, -0.25) is 9.59 Å². The van der Waals surface area contributed by atoms with Gasteiger partial charge in [-0.15, -0.1) is 6.58 Å². The molecule has 1 saturated heterocycles. The van der Waals surface area contributed by atoms with E-state index in [9.17, 15) is 9.59 Å². The Morgan fingerprint density at radius 2 is 1.80 bits per heavy atom. The topological polar surface area (TPSA) is 40.6 Å². The Bertz CT molecular complexity index is 691. The third kappa shape index (κ3) is 4.15. The van der Waals surface area contributed by atoms with Crippen LogP contribution in [0.5, 0.6) is 0 Å². The summed E-state index contributed by atoms with van der Waals surface area (Å²) in [5, 5.41) is 0. The predicted octanol–water partition coefficient (Wildman–Crippen LogP) is 3.99. The molecule has 1 aromatic carbocycles. The summed E-state index contributed by atoms with van der Waals surface area (Å²) in [4.78, 5) is 30.6. The minimum atomic E-state index is -0.121. The van der Waals surface area contributed by atoms with Crippen LogP contribution in [0.25, 0.3) is 0 Å². The van der Waals surface area contributed by atoms with E-state index in [-0.39, 0.29) is 11.8 Å². The molecule has 0 aliphatic carbocycles. The molecule has 0 N–H and O–H groups in total. The Labute approximate surface area is 153 Å². The number of anilines is 1. The third-order valence-electron chi connectivity index (χ3n) is 4.57. The molecule has 0 radical (unpaired) electrons. The Morgan fingerprint density at radius 1 is 1.12 bits per heavy atom. The molecule has 3 rings (SSSR count). The van der Waals surface area contributed by atoms with Crippen LogP contribution in [0, 0.1) is 0 Å². The molecule has 25 heavy (non-hydrogen) atoms. The van der Waals surface area contributed by atoms with Crippen molar-refractivity contribution in [1.29, 1.82) is 0 Å². The van der Waals surface area contributed by atoms with Crippen molar-refractivity contribution in [3.05, 3.63) is 47.9 Å². The van der Waals surface area contributed by atoms with Gasteiger partial charge in [-0.1, -0.05) is 49.2 Å². The lowest BCUT2D eigenvalue weighted by atomic mass is 10.1. The number of likely N-dealkylation sites (tertiary alicyclic amines) is 1. The Hall–Kier alpha value is -2.01. The smallest absolute Gasteiger partial charge is 0.265 e. The molecule has 2 amide bonds. The molecule has 5 heteroatoms. The number of hydrogen-bond donors (Lipinski definition) is 0. The van der Waals surface area contributed by atoms with Gasteiger partial charge in [-0.25, -0.2) is 0 Å². The van der Waals surface area contributed by atoms with Crippen LogP contribution in [0.3, 0.4) is 0 Å². The van der Waals surface area contributed by atoms with Crippen LogP contribution in [-0.2, 0) is 9.59 Å². The first kappa shape index (κ1) is 17.8. The van der Waals surface area contributed by atoms with E-state index in [0.717, 1.165) is 36.5 Å². The van der Waals surface area contributed by atoms with Gasteiger partial charge in [0, 0.05) is 30.6 Å². The van der Waals surface area contributed by atoms with Crippen LogP contribution in [0.15, 0.2) is 52.8 Å². The fourth-order valence-electron chi connectivity index (χ4n) is 3.24. The lowest BCUT2D eigenvalue weighted by Crippen LogP contribution is -2.36. The molecular formula is C20H24N2O2S. The van der Waals surface area contributed by atoms with Gasteiger partial charge in [-0.05, 0) is 25.0 Å². The molecule has 2 heterocycles. The minimum absolute atomic E-state index is 0.0457. The van der Waals surface area contributed by atoms with E-state index >= 15 is 0 Å². The summed E-state index contributed by atoms with van der Waals surface area (Å²) in [6, 6.07) is 7.78. The Kier molecular flexibility index (Phi) is 5.97. The average molecular weight is 356 g/mol. The lowest BCUT2D eigenvalue weighted by Gasteiger charge is -2.30. The minimum Gasteiger partial charge on any atom is -0.339 e. The van der Waals surface area contributed by atoms with Gasteiger partial charge in [0.05, 0.1) is 10.6 Å². The van der Waals surface area contributed by atoms with Crippen molar-refractivity contribution in [1.82, 2.24) is 4.90 Å². The van der Waals surface area contributed by atoms with Crippen molar-refractivity contribution in [2.45, 2.75) is 37.0 Å². The van der Waals surface area contributed by atoms with Gasteiger partial charge in [-0.2, -0.15) is 0 Å². The summed E-state index contributed by atoms with van der Waals surface area (Å²) in [6.07, 6.45) is 8.93. The summed E-state index contributed by atoms with van der Waals surface area (Å²) in [5.41, 5.74) is 0.883. The van der Waals surface area contributed by atoms with Crippen LogP contribution >= 0.6 is 11.8 Å². The molecule has 1 aromatic rings. The highest BCUT2D eigenvalue weighted by Gasteiger charge is 2.29. The molecule has 2 aliphatic heterocycles. The second-order valence-corrected chi connectivity index (χ2v) is 7.46. The van der Waals surface area contributed by atoms with Crippen LogP contribution in [0.2, 0.25) is 0 Å². The van der Waals surface area contributed by atoms with Gasteiger partial charge < -0.3 is 9.80 Å². The number of benzene rings is 1. The fourth-order valence-corrected chi connectivity index (χ4v) is 4.27. The number of thioether (sulfide) groups is 1. The van der Waals surface area contributed by atoms with E-state index in [2.05, 4.69) is 6.58 Å². The third-order valence-corrected chi connectivity index (χ3v) is 5.64. The zero-order valence-electron chi connectivity index (χ0n) is 14.4. The summed E-state index contributed by atoms with van der Waals surface area (Å²) in [7, 11) is 0. The van der Waals surface area contributed by atoms with Gasteiger partial charge in [0.2, 0.25) is 5.91 Å². The zero-order valence-corrected chi connectivity index (χ0v) is 15.3. The maximum atomic E-state index is 12.8. The maximum Gasteiger partial charge on any atom is 0.265 e. The predicted molar refractivity (Wildman–Crippen MR) is 103 cm³/mol. The number of amides is 2. The van der Waals surface area contributed by atoms with Crippen molar-refractivity contribution >= 4 is 29.3 Å². The van der Waals surface area contributed by atoms with E-state index in [4.69, 9.17) is 0 Å². The van der Waals surface area contributed by atoms with Crippen molar-refractivity contribution < 1.29 is 9.59 Å². The molecule has 1 fully saturated rings. The lowest BCUT2D eigenvalue weighted by molar-refractivity contribution is -0.126. The first-order chi connectivity index (χ1) is 12.2. The van der Waals surface area contributed by atoms with Crippen molar-refractivity contribution in [2.75, 3.05) is 24.5 Å². The van der Waals surface area contributed by atoms with Gasteiger partial charge in [0.25, 0.3) is 5.91 Å². The van der Waals surface area contributed by atoms with Gasteiger partial charge in [0.15, 0.2) is 0 Å². The molecule has 132 valence electrons. The summed E-state index contributed by atoms with van der Waals surface area (Å²) in [5.74, 6) is -0.167. The van der Waals surface area contributed by atoms with Crippen molar-refractivity contribution in [3.63, 3.8) is 0 Å². The number of carbonyl (C=O) groups is 2. The molecule has 0 aromatic heterocycles. The molecule has 0 saturated carbocycles. The quantitative estimate of drug-likeness (QED) is 0.607. The van der Waals surface area contributed by atoms with E-state index in [1.54, 1.807) is 11.0 Å². The number of fused-ring (bicyclic) bond motifs is 1. The largest absolute Gasteiger partial charge is 0.339 e. The number of nitrogens with zero attached hydrogens (tertiary/aromatic N) is 2. The van der Waals surface area contributed by atoms with Crippen molar-refractivity contribution in [3.8, 4) is 0 Å². The Balaban J connectivity index is 1.83. The number of carbonyl (C=O) groups excluding carboxylic acids is 2. The summed E-state index contributed by atoms with van der Waals surface area (Å²) < 4.78 is 0.